The molecule has 2 aromatic rings. The van der Waals surface area contributed by atoms with Crippen LogP contribution in [0.3, 0.4) is 0 Å². The van der Waals surface area contributed by atoms with E-state index in [0.717, 1.165) is 4.90 Å². The van der Waals surface area contributed by atoms with Crippen LogP contribution in [0, 0.1) is 0 Å². The molecule has 1 fully saturated rings. The Bertz CT molecular complexity index is 979. The molecule has 1 unspecified atom stereocenters. The van der Waals surface area contributed by atoms with E-state index >= 15 is 0 Å². The Labute approximate surface area is 188 Å². The van der Waals surface area contributed by atoms with E-state index in [1.165, 1.54) is 43.7 Å². The van der Waals surface area contributed by atoms with Crippen molar-refractivity contribution in [1.82, 2.24) is 24.8 Å². The second-order valence-electron chi connectivity index (χ2n) is 7.05. The van der Waals surface area contributed by atoms with Gasteiger partial charge in [0, 0.05) is 32.8 Å². The predicted octanol–water partition coefficient (Wildman–Crippen LogP) is 2.22. The number of piperidine rings is 1. The molecule has 1 aliphatic heterocycles. The average molecular weight is 466 g/mol. The highest BCUT2D eigenvalue weighted by atomic mass is 19.3. The first-order valence-electron chi connectivity index (χ1n) is 10.0. The number of carbonyl (C=O) groups excluding carboxylic acids is 2. The normalized spacial score (nSPS) is 17.1. The summed E-state index contributed by atoms with van der Waals surface area (Å²) >= 11 is 0. The Morgan fingerprint density at radius 2 is 2.03 bits per heavy atom. The molecule has 1 aliphatic rings. The molecule has 0 radical (unpaired) electrons. The Morgan fingerprint density at radius 3 is 2.70 bits per heavy atom. The number of urea groups is 1. The number of nitrogens with zero attached hydrogens (tertiary/aromatic N) is 6. The molecule has 2 N–H and O–H groups in total. The van der Waals surface area contributed by atoms with Crippen LogP contribution in [-0.4, -0.2) is 82.8 Å². The molecule has 1 saturated heterocycles. The molecule has 0 aliphatic carbocycles. The summed E-state index contributed by atoms with van der Waals surface area (Å²) in [5, 5.41) is 4.85. The molecule has 178 valence electrons. The van der Waals surface area contributed by atoms with Crippen LogP contribution in [0.1, 0.15) is 13.3 Å². The first kappa shape index (κ1) is 23.8. The number of alkyl halides is 2. The van der Waals surface area contributed by atoms with Crippen molar-refractivity contribution in [2.75, 3.05) is 49.4 Å². The van der Waals surface area contributed by atoms with Gasteiger partial charge in [-0.05, 0) is 13.0 Å². The number of methoxy groups -OCH3 is 1. The second-order valence-corrected chi connectivity index (χ2v) is 7.05. The summed E-state index contributed by atoms with van der Waals surface area (Å²) in [4.78, 5) is 42.7. The minimum absolute atomic E-state index is 0.0367. The van der Waals surface area contributed by atoms with Crippen LogP contribution in [0.25, 0.3) is 0 Å². The van der Waals surface area contributed by atoms with E-state index in [0.29, 0.717) is 6.61 Å². The van der Waals surface area contributed by atoms with Gasteiger partial charge in [0.05, 0.1) is 26.1 Å². The van der Waals surface area contributed by atoms with E-state index in [-0.39, 0.29) is 36.6 Å². The SMILES string of the molecule is CCOc1cnc(NC(=O)N(C)C2CN(c3nccc(NC(=O)OC)n3)CCC2(F)F)cn1. The minimum atomic E-state index is -3.14. The Kier molecular flexibility index (Phi) is 7.35. The number of hydrogen-bond acceptors (Lipinski definition) is 9. The van der Waals surface area contributed by atoms with Gasteiger partial charge in [0.15, 0.2) is 5.82 Å². The summed E-state index contributed by atoms with van der Waals surface area (Å²) in [7, 11) is 2.48. The van der Waals surface area contributed by atoms with E-state index in [1.807, 2.05) is 0 Å². The van der Waals surface area contributed by atoms with E-state index in [1.54, 1.807) is 6.92 Å². The van der Waals surface area contributed by atoms with Crippen LogP contribution in [0.2, 0.25) is 0 Å². The summed E-state index contributed by atoms with van der Waals surface area (Å²) in [5.74, 6) is -2.48. The fourth-order valence-corrected chi connectivity index (χ4v) is 3.14. The molecular weight excluding hydrogens is 442 g/mol. The molecule has 0 bridgehead atoms. The number of hydrogen-bond donors (Lipinski definition) is 2. The number of anilines is 3. The lowest BCUT2D eigenvalue weighted by Crippen LogP contribution is -2.60. The molecule has 0 aromatic carbocycles. The zero-order valence-electron chi connectivity index (χ0n) is 18.3. The summed E-state index contributed by atoms with van der Waals surface area (Å²) < 4.78 is 39.2. The number of amides is 3. The van der Waals surface area contributed by atoms with Crippen molar-refractivity contribution in [2.24, 2.45) is 0 Å². The number of carbonyl (C=O) groups is 2. The molecule has 2 aromatic heterocycles. The zero-order valence-corrected chi connectivity index (χ0v) is 18.3. The maximum atomic E-state index is 14.7. The summed E-state index contributed by atoms with van der Waals surface area (Å²) in [6, 6.07) is -0.807. The van der Waals surface area contributed by atoms with Gasteiger partial charge >= 0.3 is 12.1 Å². The van der Waals surface area contributed by atoms with Crippen molar-refractivity contribution in [3.05, 3.63) is 24.7 Å². The first-order valence-corrected chi connectivity index (χ1v) is 10.0. The molecule has 3 rings (SSSR count). The van der Waals surface area contributed by atoms with E-state index in [4.69, 9.17) is 4.74 Å². The Morgan fingerprint density at radius 1 is 1.24 bits per heavy atom. The maximum absolute atomic E-state index is 14.7. The standard InChI is InChI=1S/C19H24F2N8O4/c1-4-33-15-10-23-14(9-24-15)26-17(30)28(2)12-11-29(8-6-19(12,20)21)16-22-7-5-13(25-16)27-18(31)32-3/h5,7,9-10,12H,4,6,8,11H2,1-3H3,(H,23,26,30)(H,22,25,27,31). The zero-order chi connectivity index (χ0) is 24.0. The summed E-state index contributed by atoms with van der Waals surface area (Å²) in [5.41, 5.74) is 0. The molecule has 0 saturated carbocycles. The monoisotopic (exact) mass is 466 g/mol. The third-order valence-corrected chi connectivity index (χ3v) is 4.88. The Balaban J connectivity index is 1.71. The topological polar surface area (TPSA) is 135 Å². The highest BCUT2D eigenvalue weighted by Crippen LogP contribution is 2.33. The van der Waals surface area contributed by atoms with E-state index < -0.39 is 30.5 Å². The van der Waals surface area contributed by atoms with Gasteiger partial charge < -0.3 is 19.3 Å². The largest absolute Gasteiger partial charge is 0.477 e. The number of ether oxygens (including phenoxy) is 2. The lowest BCUT2D eigenvalue weighted by molar-refractivity contribution is -0.0760. The van der Waals surface area contributed by atoms with Crippen molar-refractivity contribution < 1.29 is 27.8 Å². The minimum Gasteiger partial charge on any atom is -0.477 e. The fourth-order valence-electron chi connectivity index (χ4n) is 3.14. The molecule has 12 nitrogen and oxygen atoms in total. The molecule has 3 heterocycles. The molecule has 3 amide bonds. The highest BCUT2D eigenvalue weighted by molar-refractivity contribution is 5.88. The van der Waals surface area contributed by atoms with Gasteiger partial charge in [-0.3, -0.25) is 10.6 Å². The van der Waals surface area contributed by atoms with Crippen LogP contribution >= 0.6 is 0 Å². The van der Waals surface area contributed by atoms with Crippen LogP contribution in [0.15, 0.2) is 24.7 Å². The van der Waals surface area contributed by atoms with Crippen LogP contribution in [0.4, 0.5) is 36.0 Å². The molecule has 14 heteroatoms. The van der Waals surface area contributed by atoms with Gasteiger partial charge in [0.2, 0.25) is 11.8 Å². The average Bonchev–Trinajstić information content (AvgIpc) is 2.80. The molecule has 1 atom stereocenters. The summed E-state index contributed by atoms with van der Waals surface area (Å²) in [6.45, 7) is 1.93. The first-order chi connectivity index (χ1) is 15.7. The van der Waals surface area contributed by atoms with Crippen molar-refractivity contribution in [2.45, 2.75) is 25.3 Å². The van der Waals surface area contributed by atoms with Gasteiger partial charge in [-0.1, -0.05) is 0 Å². The third kappa shape index (κ3) is 5.90. The maximum Gasteiger partial charge on any atom is 0.412 e. The quantitative estimate of drug-likeness (QED) is 0.657. The molecule has 0 spiro atoms. The van der Waals surface area contributed by atoms with Crippen LogP contribution in [0.5, 0.6) is 5.88 Å². The van der Waals surface area contributed by atoms with Crippen LogP contribution < -0.4 is 20.3 Å². The predicted molar refractivity (Wildman–Crippen MR) is 114 cm³/mol. The smallest absolute Gasteiger partial charge is 0.412 e. The summed E-state index contributed by atoms with van der Waals surface area (Å²) in [6.07, 6.45) is 2.74. The van der Waals surface area contributed by atoms with Crippen LogP contribution in [-0.2, 0) is 4.74 Å². The van der Waals surface area contributed by atoms with Gasteiger partial charge in [0.1, 0.15) is 11.9 Å². The number of nitrogens with one attached hydrogen (secondary N) is 2. The third-order valence-electron chi connectivity index (χ3n) is 4.88. The molecule has 33 heavy (non-hydrogen) atoms. The molecular formula is C19H24F2N8O4. The number of rotatable bonds is 6. The number of halogens is 2. The van der Waals surface area contributed by atoms with E-state index in [9.17, 15) is 18.4 Å². The number of aromatic nitrogens is 4. The van der Waals surface area contributed by atoms with Gasteiger partial charge in [-0.2, -0.15) is 4.98 Å². The lowest BCUT2D eigenvalue weighted by atomic mass is 10.00. The lowest BCUT2D eigenvalue weighted by Gasteiger charge is -2.42. The van der Waals surface area contributed by atoms with Gasteiger partial charge in [-0.25, -0.2) is 33.3 Å². The second kappa shape index (κ2) is 10.2. The Hall–Kier alpha value is -3.84. The van der Waals surface area contributed by atoms with Crippen molar-refractivity contribution >= 4 is 29.7 Å². The van der Waals surface area contributed by atoms with Crippen molar-refractivity contribution in [1.29, 1.82) is 0 Å². The van der Waals surface area contributed by atoms with Crippen molar-refractivity contribution in [3.8, 4) is 5.88 Å². The number of likely N-dealkylation sites (N-methyl/N-ethyl adjacent to an activating group) is 1. The van der Waals surface area contributed by atoms with Gasteiger partial charge in [-0.15, -0.1) is 0 Å². The van der Waals surface area contributed by atoms with E-state index in [2.05, 4.69) is 35.3 Å². The fraction of sp³-hybridized carbons (Fsp3) is 0.474. The highest BCUT2D eigenvalue weighted by Gasteiger charge is 2.48. The van der Waals surface area contributed by atoms with Gasteiger partial charge in [0.25, 0.3) is 5.92 Å². The van der Waals surface area contributed by atoms with Crippen molar-refractivity contribution in [3.63, 3.8) is 0 Å².